The van der Waals surface area contributed by atoms with Gasteiger partial charge in [0.25, 0.3) is 0 Å². The molecule has 1 aromatic rings. The second-order valence-corrected chi connectivity index (χ2v) is 5.16. The van der Waals surface area contributed by atoms with Gasteiger partial charge >= 0.3 is 5.97 Å². The molecule has 0 bridgehead atoms. The zero-order chi connectivity index (χ0) is 13.8. The van der Waals surface area contributed by atoms with Crippen LogP contribution in [0.4, 0.5) is 11.4 Å². The minimum Gasteiger partial charge on any atom is -0.478 e. The average molecular weight is 262 g/mol. The lowest BCUT2D eigenvalue weighted by molar-refractivity contribution is 0.0697. The van der Waals surface area contributed by atoms with Crippen LogP contribution < -0.4 is 10.6 Å². The first-order valence-electron chi connectivity index (χ1n) is 7.03. The van der Waals surface area contributed by atoms with E-state index >= 15 is 0 Å². The number of aromatic carboxylic acids is 1. The number of hydrogen-bond donors (Lipinski definition) is 2. The van der Waals surface area contributed by atoms with Gasteiger partial charge in [-0.15, -0.1) is 0 Å². The zero-order valence-corrected chi connectivity index (χ0v) is 11.4. The van der Waals surface area contributed by atoms with Gasteiger partial charge in [-0.1, -0.05) is 19.3 Å². The molecular weight excluding hydrogens is 240 g/mol. The van der Waals surface area contributed by atoms with E-state index in [1.807, 2.05) is 0 Å². The van der Waals surface area contributed by atoms with Crippen molar-refractivity contribution in [2.75, 3.05) is 17.2 Å². The van der Waals surface area contributed by atoms with Crippen molar-refractivity contribution >= 4 is 17.3 Å². The molecule has 0 aliphatic heterocycles. The first-order chi connectivity index (χ1) is 9.13. The van der Waals surface area contributed by atoms with Gasteiger partial charge < -0.3 is 15.7 Å². The van der Waals surface area contributed by atoms with Gasteiger partial charge in [0.05, 0.1) is 11.3 Å². The fourth-order valence-electron chi connectivity index (χ4n) is 2.99. The Bertz CT molecular complexity index is 453. The number of carboxylic acid groups (broad SMARTS) is 1. The summed E-state index contributed by atoms with van der Waals surface area (Å²) in [5.74, 6) is -0.885. The lowest BCUT2D eigenvalue weighted by Crippen LogP contribution is -2.37. The number of nitrogens with two attached hydrogens (primary N) is 1. The number of carbonyl (C=O) groups is 1. The van der Waals surface area contributed by atoms with E-state index in [0.29, 0.717) is 17.3 Å². The normalized spacial score (nSPS) is 16.3. The van der Waals surface area contributed by atoms with Crippen molar-refractivity contribution in [3.8, 4) is 0 Å². The maximum atomic E-state index is 11.4. The lowest BCUT2D eigenvalue weighted by atomic mass is 9.93. The van der Waals surface area contributed by atoms with Crippen LogP contribution in [-0.2, 0) is 0 Å². The zero-order valence-electron chi connectivity index (χ0n) is 11.4. The molecule has 4 heteroatoms. The molecule has 2 rings (SSSR count). The number of nitrogen functional groups attached to an aromatic ring is 1. The van der Waals surface area contributed by atoms with Gasteiger partial charge in [-0.25, -0.2) is 4.79 Å². The molecule has 0 amide bonds. The molecule has 1 fully saturated rings. The highest BCUT2D eigenvalue weighted by Crippen LogP contribution is 2.31. The van der Waals surface area contributed by atoms with E-state index in [9.17, 15) is 9.90 Å². The predicted octanol–water partition coefficient (Wildman–Crippen LogP) is 3.13. The Morgan fingerprint density at radius 2 is 2.05 bits per heavy atom. The van der Waals surface area contributed by atoms with Crippen LogP contribution in [0.15, 0.2) is 18.2 Å². The number of hydrogen-bond acceptors (Lipinski definition) is 3. The summed E-state index contributed by atoms with van der Waals surface area (Å²) in [5.41, 5.74) is 7.56. The fraction of sp³-hybridized carbons (Fsp3) is 0.533. The highest BCUT2D eigenvalue weighted by molar-refractivity contribution is 5.95. The summed E-state index contributed by atoms with van der Waals surface area (Å²) in [6, 6.07) is 5.50. The monoisotopic (exact) mass is 262 g/mol. The van der Waals surface area contributed by atoms with Gasteiger partial charge in [0.15, 0.2) is 0 Å². The Kier molecular flexibility index (Phi) is 4.30. The third kappa shape index (κ3) is 3.00. The van der Waals surface area contributed by atoms with Crippen LogP contribution in [0.5, 0.6) is 0 Å². The first-order valence-corrected chi connectivity index (χ1v) is 7.03. The molecule has 0 unspecified atom stereocenters. The number of carboxylic acids is 1. The molecule has 1 aliphatic rings. The van der Waals surface area contributed by atoms with Crippen molar-refractivity contribution in [2.45, 2.75) is 45.1 Å². The molecule has 3 N–H and O–H groups in total. The van der Waals surface area contributed by atoms with E-state index < -0.39 is 5.97 Å². The molecule has 4 nitrogen and oxygen atoms in total. The molecule has 19 heavy (non-hydrogen) atoms. The smallest absolute Gasteiger partial charge is 0.337 e. The van der Waals surface area contributed by atoms with Crippen LogP contribution in [0.1, 0.15) is 49.4 Å². The number of nitrogens with zero attached hydrogens (tertiary/aromatic N) is 1. The van der Waals surface area contributed by atoms with Crippen LogP contribution >= 0.6 is 0 Å². The van der Waals surface area contributed by atoms with Crippen LogP contribution in [0.2, 0.25) is 0 Å². The second-order valence-electron chi connectivity index (χ2n) is 5.16. The quantitative estimate of drug-likeness (QED) is 0.818. The Morgan fingerprint density at radius 3 is 2.63 bits per heavy atom. The molecule has 0 aromatic heterocycles. The van der Waals surface area contributed by atoms with E-state index in [0.717, 1.165) is 25.1 Å². The Hall–Kier alpha value is -1.71. The molecule has 104 valence electrons. The van der Waals surface area contributed by atoms with E-state index in [1.54, 1.807) is 18.2 Å². The molecule has 0 radical (unpaired) electrons. The summed E-state index contributed by atoms with van der Waals surface area (Å²) in [5, 5.41) is 9.33. The molecule has 0 heterocycles. The number of benzene rings is 1. The van der Waals surface area contributed by atoms with Gasteiger partial charge in [0.2, 0.25) is 0 Å². The predicted molar refractivity (Wildman–Crippen MR) is 77.7 cm³/mol. The standard InChI is InChI=1S/C15H22N2O2/c1-2-17(12-6-4-3-5-7-12)14-10-11(16)8-9-13(14)15(18)19/h8-10,12H,2-7,16H2,1H3,(H,18,19). The number of anilines is 2. The van der Waals surface area contributed by atoms with Gasteiger partial charge in [0.1, 0.15) is 0 Å². The molecule has 0 saturated heterocycles. The van der Waals surface area contributed by atoms with Gasteiger partial charge in [-0.2, -0.15) is 0 Å². The third-order valence-electron chi connectivity index (χ3n) is 3.92. The molecule has 0 spiro atoms. The maximum Gasteiger partial charge on any atom is 0.337 e. The summed E-state index contributed by atoms with van der Waals surface area (Å²) in [7, 11) is 0. The van der Waals surface area contributed by atoms with Crippen molar-refractivity contribution in [1.82, 2.24) is 0 Å². The third-order valence-corrected chi connectivity index (χ3v) is 3.92. The molecule has 0 atom stereocenters. The molecule has 1 aliphatic carbocycles. The van der Waals surface area contributed by atoms with Gasteiger partial charge in [-0.3, -0.25) is 0 Å². The minimum atomic E-state index is -0.885. The van der Waals surface area contributed by atoms with E-state index in [1.165, 1.54) is 19.3 Å². The minimum absolute atomic E-state index is 0.349. The van der Waals surface area contributed by atoms with Crippen LogP contribution in [0, 0.1) is 0 Å². The summed E-state index contributed by atoms with van der Waals surface area (Å²) in [6.07, 6.45) is 6.03. The lowest BCUT2D eigenvalue weighted by Gasteiger charge is -2.36. The Labute approximate surface area is 114 Å². The van der Waals surface area contributed by atoms with Gasteiger partial charge in [0, 0.05) is 18.3 Å². The van der Waals surface area contributed by atoms with Crippen LogP contribution in [0.25, 0.3) is 0 Å². The number of rotatable bonds is 4. The van der Waals surface area contributed by atoms with Gasteiger partial charge in [-0.05, 0) is 38.0 Å². The second kappa shape index (κ2) is 5.95. The Morgan fingerprint density at radius 1 is 1.37 bits per heavy atom. The maximum absolute atomic E-state index is 11.4. The van der Waals surface area contributed by atoms with Crippen molar-refractivity contribution in [3.05, 3.63) is 23.8 Å². The molecule has 1 saturated carbocycles. The average Bonchev–Trinajstić information content (AvgIpc) is 2.40. The van der Waals surface area contributed by atoms with Crippen molar-refractivity contribution in [3.63, 3.8) is 0 Å². The highest BCUT2D eigenvalue weighted by Gasteiger charge is 2.24. The van der Waals surface area contributed by atoms with E-state index in [2.05, 4.69) is 11.8 Å². The van der Waals surface area contributed by atoms with Crippen molar-refractivity contribution < 1.29 is 9.90 Å². The SMILES string of the molecule is CCN(c1cc(N)ccc1C(=O)O)C1CCCCC1. The van der Waals surface area contributed by atoms with E-state index in [-0.39, 0.29) is 0 Å². The van der Waals surface area contributed by atoms with Crippen LogP contribution in [0.3, 0.4) is 0 Å². The van der Waals surface area contributed by atoms with Crippen molar-refractivity contribution in [2.24, 2.45) is 0 Å². The molecule has 1 aromatic carbocycles. The summed E-state index contributed by atoms with van der Waals surface area (Å²) < 4.78 is 0. The summed E-state index contributed by atoms with van der Waals surface area (Å²) in [4.78, 5) is 13.6. The van der Waals surface area contributed by atoms with Crippen LogP contribution in [-0.4, -0.2) is 23.7 Å². The topological polar surface area (TPSA) is 66.6 Å². The van der Waals surface area contributed by atoms with Crippen molar-refractivity contribution in [1.29, 1.82) is 0 Å². The Balaban J connectivity index is 2.35. The largest absolute Gasteiger partial charge is 0.478 e. The highest BCUT2D eigenvalue weighted by atomic mass is 16.4. The first kappa shape index (κ1) is 13.7. The summed E-state index contributed by atoms with van der Waals surface area (Å²) >= 11 is 0. The van der Waals surface area contributed by atoms with E-state index in [4.69, 9.17) is 5.73 Å². The molecular formula is C15H22N2O2. The summed E-state index contributed by atoms with van der Waals surface area (Å²) in [6.45, 7) is 2.89. The fourth-order valence-corrected chi connectivity index (χ4v) is 2.99.